The molecule has 2 aromatic rings. The summed E-state index contributed by atoms with van der Waals surface area (Å²) in [5, 5.41) is 5.43. The highest BCUT2D eigenvalue weighted by molar-refractivity contribution is 7.15. The Hall–Kier alpha value is -1.60. The van der Waals surface area contributed by atoms with Crippen molar-refractivity contribution in [3.63, 3.8) is 0 Å². The molecule has 1 N–H and O–H groups in total. The van der Waals surface area contributed by atoms with Crippen molar-refractivity contribution in [2.24, 2.45) is 10.9 Å². The molecule has 2 aromatic heterocycles. The van der Waals surface area contributed by atoms with Crippen LogP contribution in [0.3, 0.4) is 0 Å². The Morgan fingerprint density at radius 1 is 1.50 bits per heavy atom. The summed E-state index contributed by atoms with van der Waals surface area (Å²) in [6.07, 6.45) is 7.66. The van der Waals surface area contributed by atoms with E-state index < -0.39 is 0 Å². The van der Waals surface area contributed by atoms with Crippen LogP contribution in [0.15, 0.2) is 22.8 Å². The van der Waals surface area contributed by atoms with Gasteiger partial charge < -0.3 is 15.0 Å². The molecule has 1 saturated heterocycles. The van der Waals surface area contributed by atoms with Gasteiger partial charge in [0, 0.05) is 51.1 Å². The standard InChI is InChI=1S/C17H27N5OS/c1-3-18-16(21(2)7-4-14-5-9-23-10-6-14)19-12-15-13-22-8-11-24-17(22)20-15/h8,11,13-14H,3-7,9-10,12H2,1-2H3,(H,18,19). The molecule has 24 heavy (non-hydrogen) atoms. The second-order valence-corrected chi connectivity index (χ2v) is 7.13. The number of imidazole rings is 1. The van der Waals surface area contributed by atoms with Gasteiger partial charge in [-0.3, -0.25) is 4.40 Å². The van der Waals surface area contributed by atoms with Crippen molar-refractivity contribution >= 4 is 22.3 Å². The van der Waals surface area contributed by atoms with Crippen molar-refractivity contribution < 1.29 is 4.74 Å². The lowest BCUT2D eigenvalue weighted by Gasteiger charge is -2.26. The summed E-state index contributed by atoms with van der Waals surface area (Å²) in [6, 6.07) is 0. The van der Waals surface area contributed by atoms with Gasteiger partial charge in [0.05, 0.1) is 12.2 Å². The average Bonchev–Trinajstić information content (AvgIpc) is 3.19. The first-order valence-corrected chi connectivity index (χ1v) is 9.62. The van der Waals surface area contributed by atoms with Gasteiger partial charge in [0.25, 0.3) is 0 Å². The van der Waals surface area contributed by atoms with E-state index in [4.69, 9.17) is 9.73 Å². The molecule has 0 saturated carbocycles. The second-order valence-electron chi connectivity index (χ2n) is 6.26. The molecule has 0 unspecified atom stereocenters. The molecule has 1 aliphatic heterocycles. The summed E-state index contributed by atoms with van der Waals surface area (Å²) in [4.78, 5) is 12.6. The largest absolute Gasteiger partial charge is 0.381 e. The van der Waals surface area contributed by atoms with Gasteiger partial charge in [0.2, 0.25) is 0 Å². The summed E-state index contributed by atoms with van der Waals surface area (Å²) < 4.78 is 7.49. The topological polar surface area (TPSA) is 54.2 Å². The number of rotatable bonds is 6. The van der Waals surface area contributed by atoms with Crippen LogP contribution in [-0.4, -0.2) is 53.6 Å². The van der Waals surface area contributed by atoms with E-state index in [1.54, 1.807) is 11.3 Å². The third kappa shape index (κ3) is 4.48. The van der Waals surface area contributed by atoms with Crippen LogP contribution in [0.25, 0.3) is 4.96 Å². The number of guanidine groups is 1. The minimum Gasteiger partial charge on any atom is -0.381 e. The van der Waals surface area contributed by atoms with E-state index >= 15 is 0 Å². The first-order chi connectivity index (χ1) is 11.8. The van der Waals surface area contributed by atoms with Crippen LogP contribution in [-0.2, 0) is 11.3 Å². The Morgan fingerprint density at radius 3 is 3.08 bits per heavy atom. The third-order valence-electron chi connectivity index (χ3n) is 4.44. The fourth-order valence-electron chi connectivity index (χ4n) is 3.00. The third-order valence-corrected chi connectivity index (χ3v) is 5.21. The SMILES string of the molecule is CCNC(=NCc1cn2ccsc2n1)N(C)CCC1CCOCC1. The zero-order valence-electron chi connectivity index (χ0n) is 14.6. The van der Waals surface area contributed by atoms with Crippen molar-refractivity contribution in [3.05, 3.63) is 23.5 Å². The lowest BCUT2D eigenvalue weighted by molar-refractivity contribution is 0.0625. The molecule has 3 heterocycles. The molecular weight excluding hydrogens is 322 g/mol. The van der Waals surface area contributed by atoms with E-state index in [-0.39, 0.29) is 0 Å². The Morgan fingerprint density at radius 2 is 2.33 bits per heavy atom. The number of nitrogens with zero attached hydrogens (tertiary/aromatic N) is 4. The van der Waals surface area contributed by atoms with Crippen molar-refractivity contribution in [1.82, 2.24) is 19.6 Å². The quantitative estimate of drug-likeness (QED) is 0.643. The Kier molecular flexibility index (Phi) is 6.09. The number of aromatic nitrogens is 2. The fourth-order valence-corrected chi connectivity index (χ4v) is 3.71. The predicted octanol–water partition coefficient (Wildman–Crippen LogP) is 2.61. The number of ether oxygens (including phenoxy) is 1. The Balaban J connectivity index is 1.56. The number of hydrogen-bond donors (Lipinski definition) is 1. The molecule has 1 fully saturated rings. The van der Waals surface area contributed by atoms with Gasteiger partial charge in [0.15, 0.2) is 10.9 Å². The molecule has 7 heteroatoms. The fraction of sp³-hybridized carbons (Fsp3) is 0.647. The van der Waals surface area contributed by atoms with Crippen LogP contribution >= 0.6 is 11.3 Å². The Bertz CT molecular complexity index is 630. The van der Waals surface area contributed by atoms with Crippen LogP contribution < -0.4 is 5.32 Å². The minimum absolute atomic E-state index is 0.609. The van der Waals surface area contributed by atoms with Crippen molar-refractivity contribution in [3.8, 4) is 0 Å². The van der Waals surface area contributed by atoms with Gasteiger partial charge in [0.1, 0.15) is 0 Å². The molecule has 0 bridgehead atoms. The highest BCUT2D eigenvalue weighted by Crippen LogP contribution is 2.18. The smallest absolute Gasteiger partial charge is 0.194 e. The van der Waals surface area contributed by atoms with Gasteiger partial charge in [-0.05, 0) is 32.1 Å². The van der Waals surface area contributed by atoms with E-state index in [2.05, 4.69) is 39.8 Å². The van der Waals surface area contributed by atoms with Gasteiger partial charge in [-0.2, -0.15) is 0 Å². The van der Waals surface area contributed by atoms with Crippen LogP contribution in [0.4, 0.5) is 0 Å². The lowest BCUT2D eigenvalue weighted by Crippen LogP contribution is -2.40. The van der Waals surface area contributed by atoms with Crippen molar-refractivity contribution in [2.45, 2.75) is 32.7 Å². The van der Waals surface area contributed by atoms with Crippen LogP contribution in [0, 0.1) is 5.92 Å². The van der Waals surface area contributed by atoms with E-state index in [1.807, 2.05) is 11.6 Å². The zero-order chi connectivity index (χ0) is 16.8. The maximum atomic E-state index is 5.44. The molecule has 0 spiro atoms. The number of fused-ring (bicyclic) bond motifs is 1. The molecule has 0 aromatic carbocycles. The number of hydrogen-bond acceptors (Lipinski definition) is 4. The van der Waals surface area contributed by atoms with Crippen LogP contribution in [0.5, 0.6) is 0 Å². The van der Waals surface area contributed by atoms with Gasteiger partial charge in [-0.1, -0.05) is 0 Å². The second kappa shape index (κ2) is 8.48. The average molecular weight is 350 g/mol. The maximum absolute atomic E-state index is 5.44. The predicted molar refractivity (Wildman–Crippen MR) is 98.7 cm³/mol. The van der Waals surface area contributed by atoms with E-state index in [1.165, 1.54) is 19.3 Å². The summed E-state index contributed by atoms with van der Waals surface area (Å²) >= 11 is 1.65. The lowest BCUT2D eigenvalue weighted by atomic mass is 9.96. The molecule has 0 aliphatic carbocycles. The van der Waals surface area contributed by atoms with Gasteiger partial charge in [-0.25, -0.2) is 9.98 Å². The van der Waals surface area contributed by atoms with Gasteiger partial charge >= 0.3 is 0 Å². The zero-order valence-corrected chi connectivity index (χ0v) is 15.4. The number of nitrogens with one attached hydrogen (secondary N) is 1. The first kappa shape index (κ1) is 17.2. The number of thiazole rings is 1. The summed E-state index contributed by atoms with van der Waals surface area (Å²) in [6.45, 7) is 6.44. The monoisotopic (exact) mass is 349 g/mol. The molecule has 6 nitrogen and oxygen atoms in total. The molecule has 0 atom stereocenters. The molecule has 132 valence electrons. The maximum Gasteiger partial charge on any atom is 0.194 e. The summed E-state index contributed by atoms with van der Waals surface area (Å²) in [7, 11) is 2.12. The molecule has 1 aliphatic rings. The molecular formula is C17H27N5OS. The summed E-state index contributed by atoms with van der Waals surface area (Å²) in [5.74, 6) is 1.74. The number of aliphatic imine (C=N–C) groups is 1. The van der Waals surface area contributed by atoms with E-state index in [0.29, 0.717) is 6.54 Å². The summed E-state index contributed by atoms with van der Waals surface area (Å²) in [5.41, 5.74) is 1.01. The normalized spacial score (nSPS) is 16.7. The molecule has 3 rings (SSSR count). The van der Waals surface area contributed by atoms with Gasteiger partial charge in [-0.15, -0.1) is 11.3 Å². The molecule has 0 radical (unpaired) electrons. The van der Waals surface area contributed by atoms with E-state index in [9.17, 15) is 0 Å². The first-order valence-electron chi connectivity index (χ1n) is 8.74. The van der Waals surface area contributed by atoms with Crippen molar-refractivity contribution in [1.29, 1.82) is 0 Å². The van der Waals surface area contributed by atoms with Crippen LogP contribution in [0.1, 0.15) is 31.9 Å². The van der Waals surface area contributed by atoms with Crippen molar-refractivity contribution in [2.75, 3.05) is 33.4 Å². The Labute approximate surface area is 147 Å². The highest BCUT2D eigenvalue weighted by atomic mass is 32.1. The molecule has 0 amide bonds. The van der Waals surface area contributed by atoms with E-state index in [0.717, 1.165) is 48.8 Å². The minimum atomic E-state index is 0.609. The van der Waals surface area contributed by atoms with Crippen LogP contribution in [0.2, 0.25) is 0 Å². The highest BCUT2D eigenvalue weighted by Gasteiger charge is 2.15.